The Kier molecular flexibility index (Phi) is 3.72. The topological polar surface area (TPSA) is 15.3 Å². The van der Waals surface area contributed by atoms with Gasteiger partial charge in [0.2, 0.25) is 0 Å². The van der Waals surface area contributed by atoms with Crippen molar-refractivity contribution >= 4 is 17.3 Å². The summed E-state index contributed by atoms with van der Waals surface area (Å²) in [5.41, 5.74) is 2.27. The summed E-state index contributed by atoms with van der Waals surface area (Å²) in [6.45, 7) is 4.36. The van der Waals surface area contributed by atoms with Crippen molar-refractivity contribution < 1.29 is 0 Å². The zero-order chi connectivity index (χ0) is 11.5. The van der Waals surface area contributed by atoms with E-state index in [9.17, 15) is 0 Å². The zero-order valence-corrected chi connectivity index (χ0v) is 10.7. The van der Waals surface area contributed by atoms with Crippen LogP contribution in [0.5, 0.6) is 0 Å². The van der Waals surface area contributed by atoms with Crippen LogP contribution in [0.2, 0.25) is 5.02 Å². The van der Waals surface area contributed by atoms with Crippen LogP contribution in [0.1, 0.15) is 18.4 Å². The maximum Gasteiger partial charge on any atom is 0.0455 e. The standard InChI is InChI=1S/C13H19ClN2/c1-10-5-6-11(8-13(10)14)15-12-4-3-7-16(2)9-12/h5-6,8,12,15H,3-4,7,9H2,1-2H3. The van der Waals surface area contributed by atoms with Crippen molar-refractivity contribution in [2.45, 2.75) is 25.8 Å². The molecular formula is C13H19ClN2. The van der Waals surface area contributed by atoms with Crippen LogP contribution < -0.4 is 5.32 Å². The first kappa shape index (κ1) is 11.7. The number of piperidine rings is 1. The molecule has 1 fully saturated rings. The van der Waals surface area contributed by atoms with Gasteiger partial charge in [0.1, 0.15) is 0 Å². The number of halogens is 1. The van der Waals surface area contributed by atoms with E-state index in [-0.39, 0.29) is 0 Å². The van der Waals surface area contributed by atoms with E-state index in [0.717, 1.165) is 22.8 Å². The Balaban J connectivity index is 2.00. The van der Waals surface area contributed by atoms with Gasteiger partial charge >= 0.3 is 0 Å². The van der Waals surface area contributed by atoms with Crippen LogP contribution in [-0.4, -0.2) is 31.1 Å². The second-order valence-corrected chi connectivity index (χ2v) is 5.12. The molecule has 2 rings (SSSR count). The number of anilines is 1. The summed E-state index contributed by atoms with van der Waals surface area (Å²) in [6.07, 6.45) is 2.52. The minimum absolute atomic E-state index is 0.553. The maximum atomic E-state index is 6.11. The number of nitrogens with zero attached hydrogens (tertiary/aromatic N) is 1. The van der Waals surface area contributed by atoms with Gasteiger partial charge in [-0.2, -0.15) is 0 Å². The predicted molar refractivity (Wildman–Crippen MR) is 70.3 cm³/mol. The molecule has 1 heterocycles. The van der Waals surface area contributed by atoms with Gasteiger partial charge in [0, 0.05) is 23.3 Å². The highest BCUT2D eigenvalue weighted by Gasteiger charge is 2.16. The molecule has 0 aromatic heterocycles. The predicted octanol–water partition coefficient (Wildman–Crippen LogP) is 3.15. The van der Waals surface area contributed by atoms with Gasteiger partial charge < -0.3 is 10.2 Å². The first-order valence-corrected chi connectivity index (χ1v) is 6.24. The Morgan fingerprint density at radius 1 is 1.44 bits per heavy atom. The summed E-state index contributed by atoms with van der Waals surface area (Å²) in [5, 5.41) is 4.40. The molecule has 1 aromatic carbocycles. The summed E-state index contributed by atoms with van der Waals surface area (Å²) >= 11 is 6.11. The van der Waals surface area contributed by atoms with Crippen LogP contribution in [0.25, 0.3) is 0 Å². The van der Waals surface area contributed by atoms with Gasteiger partial charge in [-0.05, 0) is 51.1 Å². The molecule has 0 aliphatic carbocycles. The summed E-state index contributed by atoms with van der Waals surface area (Å²) < 4.78 is 0. The van der Waals surface area contributed by atoms with E-state index in [1.165, 1.54) is 19.4 Å². The Labute approximate surface area is 103 Å². The van der Waals surface area contributed by atoms with E-state index in [0.29, 0.717) is 6.04 Å². The Bertz CT molecular complexity index is 365. The van der Waals surface area contributed by atoms with Gasteiger partial charge in [-0.1, -0.05) is 17.7 Å². The second kappa shape index (κ2) is 5.07. The highest BCUT2D eigenvalue weighted by molar-refractivity contribution is 6.31. The lowest BCUT2D eigenvalue weighted by Crippen LogP contribution is -2.39. The molecule has 0 bridgehead atoms. The van der Waals surface area contributed by atoms with Crippen molar-refractivity contribution in [1.82, 2.24) is 4.90 Å². The van der Waals surface area contributed by atoms with Crippen LogP contribution in [0.15, 0.2) is 18.2 Å². The van der Waals surface area contributed by atoms with E-state index in [2.05, 4.69) is 29.4 Å². The van der Waals surface area contributed by atoms with Gasteiger partial charge in [0.05, 0.1) is 0 Å². The fourth-order valence-electron chi connectivity index (χ4n) is 2.20. The van der Waals surface area contributed by atoms with Crippen molar-refractivity contribution in [3.05, 3.63) is 28.8 Å². The lowest BCUT2D eigenvalue weighted by Gasteiger charge is -2.31. The van der Waals surface area contributed by atoms with Gasteiger partial charge in [0.25, 0.3) is 0 Å². The lowest BCUT2D eigenvalue weighted by molar-refractivity contribution is 0.261. The zero-order valence-electron chi connectivity index (χ0n) is 9.96. The summed E-state index contributed by atoms with van der Waals surface area (Å²) in [4.78, 5) is 2.37. The van der Waals surface area contributed by atoms with Crippen molar-refractivity contribution in [2.75, 3.05) is 25.5 Å². The number of hydrogen-bond acceptors (Lipinski definition) is 2. The number of likely N-dealkylation sites (tertiary alicyclic amines) is 1. The van der Waals surface area contributed by atoms with E-state index >= 15 is 0 Å². The monoisotopic (exact) mass is 238 g/mol. The minimum atomic E-state index is 0.553. The normalized spacial score (nSPS) is 22.1. The molecule has 1 aliphatic rings. The van der Waals surface area contributed by atoms with Gasteiger partial charge in [0.15, 0.2) is 0 Å². The fourth-order valence-corrected chi connectivity index (χ4v) is 2.38. The number of benzene rings is 1. The van der Waals surface area contributed by atoms with Gasteiger partial charge in [-0.3, -0.25) is 0 Å². The third-order valence-electron chi connectivity index (χ3n) is 3.17. The summed E-state index contributed by atoms with van der Waals surface area (Å²) in [6, 6.07) is 6.75. The largest absolute Gasteiger partial charge is 0.381 e. The van der Waals surface area contributed by atoms with Crippen LogP contribution in [0, 0.1) is 6.92 Å². The van der Waals surface area contributed by atoms with Crippen LogP contribution >= 0.6 is 11.6 Å². The maximum absolute atomic E-state index is 6.11. The molecule has 1 aromatic rings. The molecule has 2 nitrogen and oxygen atoms in total. The van der Waals surface area contributed by atoms with Crippen LogP contribution in [-0.2, 0) is 0 Å². The van der Waals surface area contributed by atoms with E-state index in [1.54, 1.807) is 0 Å². The summed E-state index contributed by atoms with van der Waals surface area (Å²) in [7, 11) is 2.18. The molecule has 0 radical (unpaired) electrons. The highest BCUT2D eigenvalue weighted by Crippen LogP contribution is 2.22. The van der Waals surface area contributed by atoms with Crippen molar-refractivity contribution in [3.63, 3.8) is 0 Å². The number of nitrogens with one attached hydrogen (secondary N) is 1. The lowest BCUT2D eigenvalue weighted by atomic mass is 10.1. The molecule has 1 saturated heterocycles. The number of aryl methyl sites for hydroxylation is 1. The van der Waals surface area contributed by atoms with Crippen LogP contribution in [0.4, 0.5) is 5.69 Å². The Hall–Kier alpha value is -0.730. The molecule has 88 valence electrons. The van der Waals surface area contributed by atoms with E-state index in [1.807, 2.05) is 13.0 Å². The molecule has 0 saturated carbocycles. The Morgan fingerprint density at radius 3 is 2.94 bits per heavy atom. The summed E-state index contributed by atoms with van der Waals surface area (Å²) in [5.74, 6) is 0. The second-order valence-electron chi connectivity index (χ2n) is 4.71. The molecule has 3 heteroatoms. The van der Waals surface area contributed by atoms with Crippen molar-refractivity contribution in [3.8, 4) is 0 Å². The highest BCUT2D eigenvalue weighted by atomic mass is 35.5. The molecule has 1 N–H and O–H groups in total. The van der Waals surface area contributed by atoms with E-state index in [4.69, 9.17) is 11.6 Å². The molecule has 0 amide bonds. The molecule has 1 atom stereocenters. The molecule has 1 aliphatic heterocycles. The molecule has 16 heavy (non-hydrogen) atoms. The number of rotatable bonds is 2. The molecule has 1 unspecified atom stereocenters. The van der Waals surface area contributed by atoms with Crippen molar-refractivity contribution in [1.29, 1.82) is 0 Å². The molecule has 0 spiro atoms. The van der Waals surface area contributed by atoms with Crippen molar-refractivity contribution in [2.24, 2.45) is 0 Å². The third-order valence-corrected chi connectivity index (χ3v) is 3.57. The smallest absolute Gasteiger partial charge is 0.0455 e. The average molecular weight is 239 g/mol. The van der Waals surface area contributed by atoms with E-state index < -0.39 is 0 Å². The minimum Gasteiger partial charge on any atom is -0.381 e. The fraction of sp³-hybridized carbons (Fsp3) is 0.538. The SMILES string of the molecule is Cc1ccc(NC2CCCN(C)C2)cc1Cl. The average Bonchev–Trinajstić information content (AvgIpc) is 2.24. The van der Waals surface area contributed by atoms with Crippen LogP contribution in [0.3, 0.4) is 0 Å². The van der Waals surface area contributed by atoms with Gasteiger partial charge in [-0.15, -0.1) is 0 Å². The third kappa shape index (κ3) is 2.89. The number of likely N-dealkylation sites (N-methyl/N-ethyl adjacent to an activating group) is 1. The number of hydrogen-bond donors (Lipinski definition) is 1. The first-order chi connectivity index (χ1) is 7.65. The Morgan fingerprint density at radius 2 is 2.25 bits per heavy atom. The molecular weight excluding hydrogens is 220 g/mol. The first-order valence-electron chi connectivity index (χ1n) is 5.86. The quantitative estimate of drug-likeness (QED) is 0.852. The van der Waals surface area contributed by atoms with Gasteiger partial charge in [-0.25, -0.2) is 0 Å².